The Kier molecular flexibility index (Phi) is 6.85. The molecule has 9 rings (SSSR count). The number of hydrogen-bond acceptors (Lipinski definition) is 1. The molecule has 0 heterocycles. The van der Waals surface area contributed by atoms with Gasteiger partial charge in [-0.3, -0.25) is 0 Å². The number of fused-ring (bicyclic) bond motifs is 6. The van der Waals surface area contributed by atoms with Crippen LogP contribution in [0, 0.1) is 0 Å². The van der Waals surface area contributed by atoms with Crippen LogP contribution < -0.4 is 0 Å². The highest BCUT2D eigenvalue weighted by Crippen LogP contribution is 2.56. The lowest BCUT2D eigenvalue weighted by Gasteiger charge is -2.36. The van der Waals surface area contributed by atoms with Gasteiger partial charge >= 0.3 is 0 Å². The second-order valence-electron chi connectivity index (χ2n) is 14.6. The lowest BCUT2D eigenvalue weighted by Crippen LogP contribution is -2.19. The predicted octanol–water partition coefficient (Wildman–Crippen LogP) is 11.6. The van der Waals surface area contributed by atoms with Gasteiger partial charge in [0.1, 0.15) is 0 Å². The summed E-state index contributed by atoms with van der Waals surface area (Å²) in [7, 11) is 0. The van der Waals surface area contributed by atoms with Crippen LogP contribution in [0.3, 0.4) is 0 Å². The molecule has 5 aromatic carbocycles. The van der Waals surface area contributed by atoms with E-state index >= 15 is 0 Å². The minimum Gasteiger partial charge on any atom is -0.395 e. The molecule has 1 heteroatoms. The molecule has 0 aliphatic heterocycles. The molecule has 236 valence electrons. The summed E-state index contributed by atoms with van der Waals surface area (Å²) in [4.78, 5) is 0. The zero-order valence-electron chi connectivity index (χ0n) is 28.2. The topological polar surface area (TPSA) is 20.2 Å². The third kappa shape index (κ3) is 4.20. The van der Waals surface area contributed by atoms with Crippen LogP contribution in [0.1, 0.15) is 78.8 Å². The van der Waals surface area contributed by atoms with Gasteiger partial charge in [-0.05, 0) is 115 Å². The molecule has 0 amide bonds. The van der Waals surface area contributed by atoms with Crippen LogP contribution >= 0.6 is 0 Å². The van der Waals surface area contributed by atoms with E-state index in [0.717, 1.165) is 25.7 Å². The van der Waals surface area contributed by atoms with Gasteiger partial charge in [0.2, 0.25) is 0 Å². The summed E-state index contributed by atoms with van der Waals surface area (Å²) >= 11 is 0. The first kappa shape index (κ1) is 29.4. The van der Waals surface area contributed by atoms with E-state index in [1.165, 1.54) is 89.0 Å². The Morgan fingerprint density at radius 3 is 2.10 bits per heavy atom. The smallest absolute Gasteiger partial charge is 0.0534 e. The van der Waals surface area contributed by atoms with Gasteiger partial charge in [-0.2, -0.15) is 0 Å². The summed E-state index contributed by atoms with van der Waals surface area (Å²) in [6.45, 7) is 7.19. The molecule has 1 N–H and O–H groups in total. The van der Waals surface area contributed by atoms with Crippen molar-refractivity contribution in [1.29, 1.82) is 0 Å². The monoisotopic (exact) mass is 622 g/mol. The lowest BCUT2D eigenvalue weighted by atomic mass is 9.67. The fourth-order valence-electron chi connectivity index (χ4n) is 9.60. The highest BCUT2D eigenvalue weighted by molar-refractivity contribution is 5.98. The molecule has 0 aromatic heterocycles. The van der Waals surface area contributed by atoms with Gasteiger partial charge in [-0.25, -0.2) is 0 Å². The van der Waals surface area contributed by atoms with E-state index in [-0.39, 0.29) is 23.9 Å². The quantitative estimate of drug-likeness (QED) is 0.193. The minimum atomic E-state index is -0.0314. The molecule has 0 saturated heterocycles. The van der Waals surface area contributed by atoms with E-state index in [0.29, 0.717) is 0 Å². The molecule has 2 unspecified atom stereocenters. The van der Waals surface area contributed by atoms with Crippen molar-refractivity contribution in [2.75, 3.05) is 6.61 Å². The van der Waals surface area contributed by atoms with Crippen molar-refractivity contribution in [3.63, 3.8) is 0 Å². The number of aliphatic hydroxyl groups is 1. The summed E-state index contributed by atoms with van der Waals surface area (Å²) < 4.78 is 0. The Labute approximate surface area is 285 Å². The van der Waals surface area contributed by atoms with Crippen LogP contribution in [0.2, 0.25) is 0 Å². The van der Waals surface area contributed by atoms with Crippen LogP contribution in [-0.4, -0.2) is 11.7 Å². The van der Waals surface area contributed by atoms with Gasteiger partial charge in [-0.15, -0.1) is 0 Å². The predicted molar refractivity (Wildman–Crippen MR) is 201 cm³/mol. The van der Waals surface area contributed by atoms with Crippen LogP contribution in [0.25, 0.3) is 50.1 Å². The summed E-state index contributed by atoms with van der Waals surface area (Å²) in [6, 6.07) is 36.4. The Hall–Kier alpha value is -4.72. The van der Waals surface area contributed by atoms with Crippen molar-refractivity contribution in [2.45, 2.75) is 63.7 Å². The normalized spacial score (nSPS) is 19.5. The number of allylic oxidation sites excluding steroid dienone is 5. The first-order valence-electron chi connectivity index (χ1n) is 17.8. The van der Waals surface area contributed by atoms with Crippen LogP contribution in [-0.2, 0) is 18.3 Å². The molecular formula is C47H42O. The van der Waals surface area contributed by atoms with Crippen LogP contribution in [0.4, 0.5) is 0 Å². The van der Waals surface area contributed by atoms with Crippen molar-refractivity contribution >= 4 is 5.57 Å². The number of rotatable bonds is 5. The standard InChI is InChI=1S/C47H42O/c1-4-29-20-25-34(28-48)44-41(32-13-6-5-7-14-32)39-27-26-30-12-8-9-15-35(30)45(39)43(42(29)44)33-23-21-31(22-24-33)36-16-10-18-38-37-17-11-19-40(37)47(2,3)46(36)38/h5-16,18-25,29,34,48H,4,17,26-28H2,1-3H3. The zero-order chi connectivity index (χ0) is 32.6. The molecule has 2 atom stereocenters. The van der Waals surface area contributed by atoms with Gasteiger partial charge in [-0.1, -0.05) is 142 Å². The molecule has 0 spiro atoms. The van der Waals surface area contributed by atoms with E-state index in [9.17, 15) is 5.11 Å². The Morgan fingerprint density at radius 1 is 0.646 bits per heavy atom. The van der Waals surface area contributed by atoms with Crippen molar-refractivity contribution in [2.24, 2.45) is 0 Å². The van der Waals surface area contributed by atoms with Crippen molar-refractivity contribution in [3.8, 4) is 44.5 Å². The third-order valence-electron chi connectivity index (χ3n) is 11.7. The second-order valence-corrected chi connectivity index (χ2v) is 14.6. The third-order valence-corrected chi connectivity index (χ3v) is 11.7. The molecule has 0 radical (unpaired) electrons. The number of hydrogen-bond donors (Lipinski definition) is 1. The molecule has 4 aliphatic rings. The summed E-state index contributed by atoms with van der Waals surface area (Å²) in [5.41, 5.74) is 22.0. The molecule has 5 aromatic rings. The average molecular weight is 623 g/mol. The molecule has 0 bridgehead atoms. The van der Waals surface area contributed by atoms with Gasteiger partial charge in [0, 0.05) is 17.3 Å². The lowest BCUT2D eigenvalue weighted by molar-refractivity contribution is 0.282. The zero-order valence-corrected chi connectivity index (χ0v) is 28.2. The van der Waals surface area contributed by atoms with Gasteiger partial charge in [0.05, 0.1) is 6.61 Å². The Morgan fingerprint density at radius 2 is 1.31 bits per heavy atom. The van der Waals surface area contributed by atoms with Gasteiger partial charge in [0.15, 0.2) is 0 Å². The largest absolute Gasteiger partial charge is 0.395 e. The number of aliphatic hydroxyl groups excluding tert-OH is 1. The SMILES string of the molecule is CCC1C=CC(CO)c2c(-c3ccccc3)c3c(c(-c4ccc(-c5cccc6c5C(C)(C)C5=C6CC=C5)cc4)c21)-c1ccccc1CC3. The molecular weight excluding hydrogens is 581 g/mol. The number of aryl methyl sites for hydroxylation is 1. The van der Waals surface area contributed by atoms with Gasteiger partial charge in [0.25, 0.3) is 0 Å². The minimum absolute atomic E-state index is 0.0119. The highest BCUT2D eigenvalue weighted by Gasteiger charge is 2.40. The van der Waals surface area contributed by atoms with E-state index in [1.807, 2.05) is 0 Å². The van der Waals surface area contributed by atoms with Crippen LogP contribution in [0.15, 0.2) is 127 Å². The Balaban J connectivity index is 1.30. The fraction of sp³-hybridized carbons (Fsp3) is 0.234. The van der Waals surface area contributed by atoms with E-state index in [2.05, 4.69) is 142 Å². The molecule has 4 aliphatic carbocycles. The van der Waals surface area contributed by atoms with Crippen LogP contribution in [0.5, 0.6) is 0 Å². The fourth-order valence-corrected chi connectivity index (χ4v) is 9.60. The molecule has 0 saturated carbocycles. The molecule has 48 heavy (non-hydrogen) atoms. The Bertz CT molecular complexity index is 2190. The van der Waals surface area contributed by atoms with Crippen molar-refractivity contribution in [3.05, 3.63) is 160 Å². The van der Waals surface area contributed by atoms with Gasteiger partial charge < -0.3 is 5.11 Å². The second kappa shape index (κ2) is 11.2. The van der Waals surface area contributed by atoms with Crippen molar-refractivity contribution in [1.82, 2.24) is 0 Å². The molecule has 0 fully saturated rings. The summed E-state index contributed by atoms with van der Waals surface area (Å²) in [5.74, 6) is 0.246. The summed E-state index contributed by atoms with van der Waals surface area (Å²) in [6.07, 6.45) is 13.4. The average Bonchev–Trinajstić information content (AvgIpc) is 3.72. The maximum Gasteiger partial charge on any atom is 0.0534 e. The first-order valence-corrected chi connectivity index (χ1v) is 17.8. The maximum atomic E-state index is 10.9. The van der Waals surface area contributed by atoms with Crippen molar-refractivity contribution < 1.29 is 5.11 Å². The summed E-state index contributed by atoms with van der Waals surface area (Å²) in [5, 5.41) is 10.9. The first-order chi connectivity index (χ1) is 23.5. The highest BCUT2D eigenvalue weighted by atomic mass is 16.3. The van der Waals surface area contributed by atoms with E-state index < -0.39 is 0 Å². The van der Waals surface area contributed by atoms with E-state index in [1.54, 1.807) is 0 Å². The number of benzene rings is 5. The maximum absolute atomic E-state index is 10.9. The molecule has 1 nitrogen and oxygen atoms in total. The van der Waals surface area contributed by atoms with E-state index in [4.69, 9.17) is 0 Å².